The van der Waals surface area contributed by atoms with E-state index in [1.54, 1.807) is 85.7 Å². The highest BCUT2D eigenvalue weighted by molar-refractivity contribution is 8.28. The van der Waals surface area contributed by atoms with E-state index in [1.165, 1.54) is 66.1 Å². The van der Waals surface area contributed by atoms with Gasteiger partial charge in [0, 0.05) is 18.3 Å². The minimum absolute atomic E-state index is 0.0122. The van der Waals surface area contributed by atoms with Gasteiger partial charge >= 0.3 is 17.9 Å². The van der Waals surface area contributed by atoms with Gasteiger partial charge in [0.1, 0.15) is 22.6 Å². The number of hydrogen-bond acceptors (Lipinski definition) is 13. The Balaban J connectivity index is 0.000000257. The fourth-order valence-corrected chi connectivity index (χ4v) is 7.11. The van der Waals surface area contributed by atoms with Crippen molar-refractivity contribution in [3.05, 3.63) is 89.8 Å². The molecule has 0 unspecified atom stereocenters. The zero-order valence-corrected chi connectivity index (χ0v) is 29.2. The Labute approximate surface area is 289 Å². The van der Waals surface area contributed by atoms with Crippen molar-refractivity contribution in [2.45, 2.75) is 46.8 Å². The van der Waals surface area contributed by atoms with Crippen LogP contribution in [0.2, 0.25) is 0 Å². The first-order chi connectivity index (χ1) is 22.3. The Bertz CT molecular complexity index is 1590. The lowest BCUT2D eigenvalue weighted by Crippen LogP contribution is -2.25. The molecule has 0 aromatic heterocycles. The maximum atomic E-state index is 12.6. The largest absolute Gasteiger partial charge is 0.508 e. The molecule has 248 valence electrons. The lowest BCUT2D eigenvalue weighted by atomic mass is 10.2. The van der Waals surface area contributed by atoms with Crippen LogP contribution in [-0.4, -0.2) is 47.0 Å². The summed E-state index contributed by atoms with van der Waals surface area (Å²) in [7, 11) is 0. The number of carbonyl (C=O) groups excluding carboxylic acids is 5. The van der Waals surface area contributed by atoms with Crippen LogP contribution in [0.25, 0.3) is 0 Å². The molecule has 2 aliphatic heterocycles. The number of hydrogen-bond donors (Lipinski definition) is 3. The first kappa shape index (κ1) is 37.4. The number of ether oxygens (including phenoxy) is 3. The molecule has 0 spiro atoms. The molecule has 3 N–H and O–H groups in total. The summed E-state index contributed by atoms with van der Waals surface area (Å²) in [6, 6.07) is 12.3. The number of benzene rings is 2. The maximum absolute atomic E-state index is 12.6. The van der Waals surface area contributed by atoms with Crippen molar-refractivity contribution in [2.75, 3.05) is 10.6 Å². The minimum atomic E-state index is -0.664. The molecule has 0 fully saturated rings. The van der Waals surface area contributed by atoms with E-state index in [-0.39, 0.29) is 29.1 Å². The second-order valence-corrected chi connectivity index (χ2v) is 14.0. The molecule has 11 nitrogen and oxygen atoms in total. The van der Waals surface area contributed by atoms with Crippen LogP contribution in [0, 0.1) is 0 Å². The first-order valence-corrected chi connectivity index (χ1v) is 17.4. The predicted octanol–water partition coefficient (Wildman–Crippen LogP) is 7.11. The molecule has 2 amide bonds. The quantitative estimate of drug-likeness (QED) is 0.0603. The molecule has 2 aliphatic rings. The lowest BCUT2D eigenvalue weighted by molar-refractivity contribution is -0.145. The molecule has 0 radical (unpaired) electrons. The summed E-state index contributed by atoms with van der Waals surface area (Å²) in [6.45, 7) is 8.20. The van der Waals surface area contributed by atoms with Gasteiger partial charge in [-0.1, -0.05) is 47.0 Å². The summed E-state index contributed by atoms with van der Waals surface area (Å²) < 4.78 is 16.4. The monoisotopic (exact) mass is 716 g/mol. The molecule has 0 saturated heterocycles. The van der Waals surface area contributed by atoms with Crippen molar-refractivity contribution in [1.82, 2.24) is 0 Å². The van der Waals surface area contributed by atoms with Gasteiger partial charge < -0.3 is 30.0 Å². The second kappa shape index (κ2) is 18.3. The first-order valence-electron chi connectivity index (χ1n) is 13.9. The Morgan fingerprint density at radius 2 is 0.979 bits per heavy atom. The summed E-state index contributed by atoms with van der Waals surface area (Å²) in [5.74, 6) is -2.35. The van der Waals surface area contributed by atoms with Gasteiger partial charge in [-0.15, -0.1) is 0 Å². The van der Waals surface area contributed by atoms with Gasteiger partial charge in [-0.05, 0) is 97.9 Å². The third-order valence-corrected chi connectivity index (χ3v) is 9.53. The zero-order chi connectivity index (χ0) is 34.5. The SMILES string of the molecule is CC(=O)Oc1ccc(NC(=O)C(C(=O)OC(C)C)=C2SC=CS2)cc1.CC(C)OC(=O)C(C(=O)Nc1ccc(O)cc1)=C1SC=CS1. The van der Waals surface area contributed by atoms with Crippen LogP contribution in [-0.2, 0) is 33.4 Å². The van der Waals surface area contributed by atoms with E-state index in [0.29, 0.717) is 25.6 Å². The Kier molecular flexibility index (Phi) is 14.6. The third-order valence-electron chi connectivity index (χ3n) is 5.27. The number of esters is 3. The van der Waals surface area contributed by atoms with Crippen LogP contribution in [0.4, 0.5) is 11.4 Å². The molecule has 0 atom stereocenters. The van der Waals surface area contributed by atoms with Crippen molar-refractivity contribution >= 4 is 88.1 Å². The fourth-order valence-electron chi connectivity index (χ4n) is 3.44. The highest BCUT2D eigenvalue weighted by Crippen LogP contribution is 2.41. The van der Waals surface area contributed by atoms with Crippen molar-refractivity contribution in [3.63, 3.8) is 0 Å². The number of anilines is 2. The van der Waals surface area contributed by atoms with Crippen molar-refractivity contribution in [1.29, 1.82) is 0 Å². The van der Waals surface area contributed by atoms with Gasteiger partial charge in [-0.25, -0.2) is 9.59 Å². The maximum Gasteiger partial charge on any atom is 0.345 e. The van der Waals surface area contributed by atoms with Crippen molar-refractivity contribution in [2.24, 2.45) is 0 Å². The Morgan fingerprint density at radius 1 is 0.617 bits per heavy atom. The van der Waals surface area contributed by atoms with Gasteiger partial charge in [0.05, 0.1) is 20.7 Å². The van der Waals surface area contributed by atoms with Crippen LogP contribution in [0.1, 0.15) is 34.6 Å². The highest BCUT2D eigenvalue weighted by atomic mass is 32.2. The molecule has 15 heteroatoms. The molecule has 2 aromatic carbocycles. The molecular formula is C32H32N2O9S4. The van der Waals surface area contributed by atoms with Crippen LogP contribution in [0.15, 0.2) is 89.8 Å². The summed E-state index contributed by atoms with van der Waals surface area (Å²) in [5.41, 5.74) is 0.913. The molecule has 0 bridgehead atoms. The summed E-state index contributed by atoms with van der Waals surface area (Å²) in [4.78, 5) is 60.4. The fraction of sp³-hybridized carbons (Fsp3) is 0.219. The standard InChI is InChI=1S/C17H17NO5S2.C15H15NO4S2/c1-10(2)22-16(21)14(17-24-8-9-25-17)15(20)18-12-4-6-13(7-5-12)23-11(3)19;1-9(2)20-14(19)12(15-21-7-8-22-15)13(18)16-10-3-5-11(17)6-4-10/h4-10H,1-3H3,(H,18,20);3-9,17H,1-2H3,(H,16,18). The van der Waals surface area contributed by atoms with Crippen LogP contribution in [0.3, 0.4) is 0 Å². The average Bonchev–Trinajstić information content (AvgIpc) is 3.70. The van der Waals surface area contributed by atoms with E-state index in [0.717, 1.165) is 0 Å². The number of rotatable bonds is 9. The summed E-state index contributed by atoms with van der Waals surface area (Å²) >= 11 is 5.21. The van der Waals surface area contributed by atoms with E-state index in [4.69, 9.17) is 14.2 Å². The van der Waals surface area contributed by atoms with E-state index >= 15 is 0 Å². The molecule has 2 heterocycles. The summed E-state index contributed by atoms with van der Waals surface area (Å²) in [5, 5.41) is 21.7. The highest BCUT2D eigenvalue weighted by Gasteiger charge is 2.28. The van der Waals surface area contributed by atoms with E-state index in [2.05, 4.69) is 10.6 Å². The zero-order valence-electron chi connectivity index (χ0n) is 25.9. The smallest absolute Gasteiger partial charge is 0.345 e. The predicted molar refractivity (Wildman–Crippen MR) is 188 cm³/mol. The number of thioether (sulfide) groups is 4. The van der Waals surface area contributed by atoms with Crippen molar-refractivity contribution in [3.8, 4) is 11.5 Å². The number of aromatic hydroxyl groups is 1. The number of carbonyl (C=O) groups is 5. The van der Waals surface area contributed by atoms with E-state index < -0.39 is 29.7 Å². The molecule has 47 heavy (non-hydrogen) atoms. The molecule has 0 saturated carbocycles. The van der Waals surface area contributed by atoms with Gasteiger partial charge in [0.25, 0.3) is 11.8 Å². The van der Waals surface area contributed by atoms with E-state index in [1.807, 2.05) is 0 Å². The number of phenolic OH excluding ortho intramolecular Hbond substituents is 1. The molecule has 0 aliphatic carbocycles. The number of amides is 2. The second-order valence-electron chi connectivity index (χ2n) is 9.82. The van der Waals surface area contributed by atoms with Crippen molar-refractivity contribution < 1.29 is 43.3 Å². The molecule has 2 aromatic rings. The average molecular weight is 717 g/mol. The normalized spacial score (nSPS) is 13.1. The van der Waals surface area contributed by atoms with Gasteiger partial charge in [-0.2, -0.15) is 0 Å². The van der Waals surface area contributed by atoms with E-state index in [9.17, 15) is 29.1 Å². The third kappa shape index (κ3) is 12.2. The molecular weight excluding hydrogens is 685 g/mol. The van der Waals surface area contributed by atoms with Crippen LogP contribution < -0.4 is 15.4 Å². The number of nitrogens with one attached hydrogen (secondary N) is 2. The summed E-state index contributed by atoms with van der Waals surface area (Å²) in [6.07, 6.45) is -0.641. The minimum Gasteiger partial charge on any atom is -0.508 e. The lowest BCUT2D eigenvalue weighted by Gasteiger charge is -2.13. The Morgan fingerprint density at radius 3 is 1.32 bits per heavy atom. The van der Waals surface area contributed by atoms with Crippen LogP contribution in [0.5, 0.6) is 11.5 Å². The number of phenols is 1. The van der Waals surface area contributed by atoms with Gasteiger partial charge in [0.15, 0.2) is 0 Å². The Hall–Kier alpha value is -4.05. The van der Waals surface area contributed by atoms with Gasteiger partial charge in [0.2, 0.25) is 0 Å². The molecule has 4 rings (SSSR count). The van der Waals surface area contributed by atoms with Gasteiger partial charge in [-0.3, -0.25) is 14.4 Å². The van der Waals surface area contributed by atoms with Crippen LogP contribution >= 0.6 is 47.0 Å². The topological polar surface area (TPSA) is 157 Å².